The van der Waals surface area contributed by atoms with Gasteiger partial charge in [0.2, 0.25) is 11.8 Å². The minimum Gasteiger partial charge on any atom is -0.354 e. The first-order valence-corrected chi connectivity index (χ1v) is 7.65. The van der Waals surface area contributed by atoms with Gasteiger partial charge in [-0.05, 0) is 25.7 Å². The van der Waals surface area contributed by atoms with E-state index in [1.165, 1.54) is 12.8 Å². The molecule has 1 aliphatic rings. The second-order valence-electron chi connectivity index (χ2n) is 5.46. The maximum atomic E-state index is 11.9. The molecule has 4 nitrogen and oxygen atoms in total. The van der Waals surface area contributed by atoms with Crippen molar-refractivity contribution >= 4 is 11.8 Å². The highest BCUT2D eigenvalue weighted by molar-refractivity contribution is 5.78. The fourth-order valence-electron chi connectivity index (χ4n) is 2.92. The summed E-state index contributed by atoms with van der Waals surface area (Å²) in [6, 6.07) is 0.391. The second kappa shape index (κ2) is 8.18. The maximum Gasteiger partial charge on any atom is 0.223 e. The maximum absolute atomic E-state index is 11.9. The SMILES string of the molecule is CCC(CC)C(=O)NCCN(C(C)=O)C1CCCC1. The van der Waals surface area contributed by atoms with E-state index in [4.69, 9.17) is 0 Å². The highest BCUT2D eigenvalue weighted by Crippen LogP contribution is 2.23. The van der Waals surface area contributed by atoms with Gasteiger partial charge < -0.3 is 10.2 Å². The molecule has 19 heavy (non-hydrogen) atoms. The van der Waals surface area contributed by atoms with Crippen LogP contribution in [0.1, 0.15) is 59.3 Å². The third-order valence-electron chi connectivity index (χ3n) is 4.18. The monoisotopic (exact) mass is 268 g/mol. The third kappa shape index (κ3) is 4.84. The summed E-state index contributed by atoms with van der Waals surface area (Å²) in [5, 5.41) is 2.96. The van der Waals surface area contributed by atoms with Crippen LogP contribution in [-0.4, -0.2) is 35.8 Å². The summed E-state index contributed by atoms with van der Waals surface area (Å²) in [5.41, 5.74) is 0. The van der Waals surface area contributed by atoms with Crippen LogP contribution in [-0.2, 0) is 9.59 Å². The van der Waals surface area contributed by atoms with Crippen LogP contribution in [0.3, 0.4) is 0 Å². The van der Waals surface area contributed by atoms with Crippen LogP contribution in [0, 0.1) is 5.92 Å². The molecule has 0 atom stereocenters. The zero-order valence-corrected chi connectivity index (χ0v) is 12.6. The number of nitrogens with one attached hydrogen (secondary N) is 1. The molecule has 1 N–H and O–H groups in total. The van der Waals surface area contributed by atoms with Gasteiger partial charge in [-0.15, -0.1) is 0 Å². The highest BCUT2D eigenvalue weighted by Gasteiger charge is 2.24. The number of hydrogen-bond acceptors (Lipinski definition) is 2. The van der Waals surface area contributed by atoms with Gasteiger partial charge in [0, 0.05) is 32.0 Å². The van der Waals surface area contributed by atoms with E-state index in [0.717, 1.165) is 25.7 Å². The second-order valence-corrected chi connectivity index (χ2v) is 5.46. The minimum absolute atomic E-state index is 0.109. The normalized spacial score (nSPS) is 15.8. The molecule has 0 aromatic carbocycles. The van der Waals surface area contributed by atoms with Crippen LogP contribution in [0.4, 0.5) is 0 Å². The quantitative estimate of drug-likeness (QED) is 0.770. The first kappa shape index (κ1) is 16.0. The Bertz CT molecular complexity index is 295. The largest absolute Gasteiger partial charge is 0.354 e. The predicted octanol–water partition coefficient (Wildman–Crippen LogP) is 2.33. The predicted molar refractivity (Wildman–Crippen MR) is 76.7 cm³/mol. The van der Waals surface area contributed by atoms with Gasteiger partial charge in [-0.25, -0.2) is 0 Å². The van der Waals surface area contributed by atoms with E-state index in [-0.39, 0.29) is 17.7 Å². The standard InChI is InChI=1S/C15H28N2O2/c1-4-13(5-2)15(19)16-10-11-17(12(3)18)14-8-6-7-9-14/h13-14H,4-11H2,1-3H3,(H,16,19). The van der Waals surface area contributed by atoms with Crippen LogP contribution in [0.25, 0.3) is 0 Å². The van der Waals surface area contributed by atoms with Crippen molar-refractivity contribution in [3.63, 3.8) is 0 Å². The van der Waals surface area contributed by atoms with Crippen LogP contribution in [0.5, 0.6) is 0 Å². The first-order valence-electron chi connectivity index (χ1n) is 7.65. The Labute approximate surface area is 116 Å². The van der Waals surface area contributed by atoms with Gasteiger partial charge in [-0.3, -0.25) is 9.59 Å². The summed E-state index contributed by atoms with van der Waals surface area (Å²) in [5.74, 6) is 0.362. The Morgan fingerprint density at radius 2 is 1.79 bits per heavy atom. The molecule has 0 radical (unpaired) electrons. The van der Waals surface area contributed by atoms with Crippen molar-refractivity contribution in [2.45, 2.75) is 65.3 Å². The van der Waals surface area contributed by atoms with Crippen molar-refractivity contribution in [1.29, 1.82) is 0 Å². The summed E-state index contributed by atoms with van der Waals surface area (Å²) in [6.45, 7) is 6.92. The zero-order chi connectivity index (χ0) is 14.3. The molecule has 0 aromatic heterocycles. The first-order chi connectivity index (χ1) is 9.10. The molecule has 0 saturated heterocycles. The van der Waals surface area contributed by atoms with Crippen molar-refractivity contribution in [1.82, 2.24) is 10.2 Å². The Balaban J connectivity index is 2.36. The number of hydrogen-bond donors (Lipinski definition) is 1. The molecule has 1 rings (SSSR count). The molecule has 1 fully saturated rings. The molecule has 0 spiro atoms. The molecular formula is C15H28N2O2. The van der Waals surface area contributed by atoms with E-state index >= 15 is 0 Å². The molecule has 4 heteroatoms. The number of amides is 2. The average Bonchev–Trinajstić information content (AvgIpc) is 2.89. The van der Waals surface area contributed by atoms with E-state index in [2.05, 4.69) is 5.32 Å². The fraction of sp³-hybridized carbons (Fsp3) is 0.867. The average molecular weight is 268 g/mol. The summed E-state index contributed by atoms with van der Waals surface area (Å²) in [4.78, 5) is 25.5. The van der Waals surface area contributed by atoms with E-state index in [1.807, 2.05) is 18.7 Å². The Morgan fingerprint density at radius 1 is 1.21 bits per heavy atom. The number of carbonyl (C=O) groups is 2. The Morgan fingerprint density at radius 3 is 2.26 bits per heavy atom. The molecule has 2 amide bonds. The summed E-state index contributed by atoms with van der Waals surface area (Å²) in [6.07, 6.45) is 6.41. The molecule has 110 valence electrons. The smallest absolute Gasteiger partial charge is 0.223 e. The fourth-order valence-corrected chi connectivity index (χ4v) is 2.92. The Hall–Kier alpha value is -1.06. The van der Waals surface area contributed by atoms with E-state index in [9.17, 15) is 9.59 Å². The zero-order valence-electron chi connectivity index (χ0n) is 12.6. The van der Waals surface area contributed by atoms with Crippen LogP contribution >= 0.6 is 0 Å². The summed E-state index contributed by atoms with van der Waals surface area (Å²) < 4.78 is 0. The topological polar surface area (TPSA) is 49.4 Å². The third-order valence-corrected chi connectivity index (χ3v) is 4.18. The van der Waals surface area contributed by atoms with Gasteiger partial charge in [0.25, 0.3) is 0 Å². The number of nitrogens with zero attached hydrogens (tertiary/aromatic N) is 1. The summed E-state index contributed by atoms with van der Waals surface area (Å²) >= 11 is 0. The molecule has 1 aliphatic carbocycles. The molecule has 0 heterocycles. The molecule has 0 bridgehead atoms. The molecule has 1 saturated carbocycles. The van der Waals surface area contributed by atoms with Crippen LogP contribution < -0.4 is 5.32 Å². The lowest BCUT2D eigenvalue weighted by Crippen LogP contribution is -2.43. The lowest BCUT2D eigenvalue weighted by atomic mass is 10.0. The van der Waals surface area contributed by atoms with Crippen molar-refractivity contribution in [3.05, 3.63) is 0 Å². The van der Waals surface area contributed by atoms with E-state index in [0.29, 0.717) is 19.1 Å². The van der Waals surface area contributed by atoms with Gasteiger partial charge in [0.05, 0.1) is 0 Å². The Kier molecular flexibility index (Phi) is 6.89. The molecule has 0 aliphatic heterocycles. The van der Waals surface area contributed by atoms with E-state index in [1.54, 1.807) is 6.92 Å². The highest BCUT2D eigenvalue weighted by atomic mass is 16.2. The van der Waals surface area contributed by atoms with Crippen LogP contribution in [0.15, 0.2) is 0 Å². The van der Waals surface area contributed by atoms with Gasteiger partial charge in [-0.2, -0.15) is 0 Å². The lowest BCUT2D eigenvalue weighted by molar-refractivity contribution is -0.132. The van der Waals surface area contributed by atoms with Crippen LogP contribution in [0.2, 0.25) is 0 Å². The van der Waals surface area contributed by atoms with Crippen molar-refractivity contribution in [2.75, 3.05) is 13.1 Å². The van der Waals surface area contributed by atoms with Gasteiger partial charge in [0.1, 0.15) is 0 Å². The molecule has 0 aromatic rings. The van der Waals surface area contributed by atoms with Gasteiger partial charge in [0.15, 0.2) is 0 Å². The summed E-state index contributed by atoms with van der Waals surface area (Å²) in [7, 11) is 0. The molecular weight excluding hydrogens is 240 g/mol. The van der Waals surface area contributed by atoms with Crippen molar-refractivity contribution < 1.29 is 9.59 Å². The number of carbonyl (C=O) groups excluding carboxylic acids is 2. The van der Waals surface area contributed by atoms with Crippen molar-refractivity contribution in [3.8, 4) is 0 Å². The minimum atomic E-state index is 0.109. The molecule has 0 unspecified atom stereocenters. The van der Waals surface area contributed by atoms with E-state index < -0.39 is 0 Å². The van der Waals surface area contributed by atoms with Gasteiger partial charge >= 0.3 is 0 Å². The lowest BCUT2D eigenvalue weighted by Gasteiger charge is -2.28. The van der Waals surface area contributed by atoms with Crippen molar-refractivity contribution in [2.24, 2.45) is 5.92 Å². The number of rotatable bonds is 7. The van der Waals surface area contributed by atoms with Gasteiger partial charge in [-0.1, -0.05) is 26.7 Å².